The van der Waals surface area contributed by atoms with Crippen LogP contribution in [0.5, 0.6) is 11.5 Å². The number of carboxylic acids is 1. The second kappa shape index (κ2) is 7.97. The van der Waals surface area contributed by atoms with Crippen LogP contribution in [0.1, 0.15) is 23.0 Å². The molecule has 0 atom stereocenters. The lowest BCUT2D eigenvalue weighted by Gasteiger charge is -2.13. The van der Waals surface area contributed by atoms with E-state index in [2.05, 4.69) is 4.98 Å². The predicted octanol–water partition coefficient (Wildman–Crippen LogP) is 4.63. The quantitative estimate of drug-likeness (QED) is 0.654. The first-order chi connectivity index (χ1) is 12.6. The molecule has 0 saturated carbocycles. The molecule has 1 heterocycles. The van der Waals surface area contributed by atoms with E-state index < -0.39 is 5.97 Å². The topological polar surface area (TPSA) is 68.7 Å². The summed E-state index contributed by atoms with van der Waals surface area (Å²) in [7, 11) is 0. The molecule has 0 amide bonds. The zero-order valence-electron chi connectivity index (χ0n) is 13.9. The van der Waals surface area contributed by atoms with E-state index in [0.717, 1.165) is 5.56 Å². The van der Waals surface area contributed by atoms with E-state index >= 15 is 0 Å². The summed E-state index contributed by atoms with van der Waals surface area (Å²) in [5.41, 5.74) is 1.18. The fourth-order valence-corrected chi connectivity index (χ4v) is 3.10. The van der Waals surface area contributed by atoms with Crippen molar-refractivity contribution < 1.29 is 23.8 Å². The van der Waals surface area contributed by atoms with Gasteiger partial charge in [0.25, 0.3) is 0 Å². The SMILES string of the molecule is CCOc1cc(-c2nc(C(=O)O)cs2)ccc1OCc1ccccc1F. The first kappa shape index (κ1) is 17.9. The highest BCUT2D eigenvalue weighted by Gasteiger charge is 2.14. The summed E-state index contributed by atoms with van der Waals surface area (Å²) in [6, 6.07) is 11.6. The summed E-state index contributed by atoms with van der Waals surface area (Å²) in [6.07, 6.45) is 0. The fraction of sp³-hybridized carbons (Fsp3) is 0.158. The van der Waals surface area contributed by atoms with Crippen molar-refractivity contribution in [2.24, 2.45) is 0 Å². The van der Waals surface area contributed by atoms with Gasteiger partial charge in [0.1, 0.15) is 17.4 Å². The van der Waals surface area contributed by atoms with Gasteiger partial charge in [-0.15, -0.1) is 11.3 Å². The summed E-state index contributed by atoms with van der Waals surface area (Å²) < 4.78 is 25.1. The Morgan fingerprint density at radius 3 is 2.69 bits per heavy atom. The zero-order valence-corrected chi connectivity index (χ0v) is 14.8. The molecule has 0 fully saturated rings. The minimum atomic E-state index is -1.07. The molecule has 0 aliphatic rings. The van der Waals surface area contributed by atoms with E-state index in [9.17, 15) is 9.18 Å². The number of carbonyl (C=O) groups is 1. The lowest BCUT2D eigenvalue weighted by atomic mass is 10.2. The summed E-state index contributed by atoms with van der Waals surface area (Å²) in [4.78, 5) is 15.1. The van der Waals surface area contributed by atoms with Gasteiger partial charge in [-0.2, -0.15) is 0 Å². The molecule has 5 nitrogen and oxygen atoms in total. The van der Waals surface area contributed by atoms with Gasteiger partial charge in [0.05, 0.1) is 6.61 Å². The van der Waals surface area contributed by atoms with Crippen LogP contribution >= 0.6 is 11.3 Å². The molecule has 0 spiro atoms. The molecule has 26 heavy (non-hydrogen) atoms. The molecule has 0 saturated heterocycles. The third-order valence-corrected chi connectivity index (χ3v) is 4.45. The van der Waals surface area contributed by atoms with Crippen molar-refractivity contribution >= 4 is 17.3 Å². The zero-order chi connectivity index (χ0) is 18.5. The number of benzene rings is 2. The molecule has 3 rings (SSSR count). The number of hydrogen-bond acceptors (Lipinski definition) is 5. The van der Waals surface area contributed by atoms with E-state index in [0.29, 0.717) is 28.7 Å². The van der Waals surface area contributed by atoms with Crippen LogP contribution in [0.25, 0.3) is 10.6 Å². The van der Waals surface area contributed by atoms with Crippen LogP contribution in [-0.4, -0.2) is 22.7 Å². The summed E-state index contributed by atoms with van der Waals surface area (Å²) in [6.45, 7) is 2.35. The second-order valence-electron chi connectivity index (χ2n) is 5.32. The number of aromatic carboxylic acids is 1. The van der Waals surface area contributed by atoms with Crippen molar-refractivity contribution in [1.82, 2.24) is 4.98 Å². The summed E-state index contributed by atoms with van der Waals surface area (Å²) in [5, 5.41) is 11.1. The van der Waals surface area contributed by atoms with Gasteiger partial charge >= 0.3 is 5.97 Å². The highest BCUT2D eigenvalue weighted by atomic mass is 32.1. The number of rotatable bonds is 7. The highest BCUT2D eigenvalue weighted by Crippen LogP contribution is 2.34. The standard InChI is InChI=1S/C19H16FNO4S/c1-2-24-17-9-12(18-21-15(11-26-18)19(22)23)7-8-16(17)25-10-13-5-3-4-6-14(13)20/h3-9,11H,2,10H2,1H3,(H,22,23). The van der Waals surface area contributed by atoms with Gasteiger partial charge in [0.15, 0.2) is 17.2 Å². The maximum atomic E-state index is 13.7. The summed E-state index contributed by atoms with van der Waals surface area (Å²) in [5.74, 6) is -0.421. The first-order valence-electron chi connectivity index (χ1n) is 7.90. The molecular weight excluding hydrogens is 357 g/mol. The number of nitrogens with zero attached hydrogens (tertiary/aromatic N) is 1. The van der Waals surface area contributed by atoms with Gasteiger partial charge in [-0.05, 0) is 31.2 Å². The third-order valence-electron chi connectivity index (χ3n) is 3.55. The number of halogens is 1. The molecule has 134 valence electrons. The van der Waals surface area contributed by atoms with E-state index in [1.54, 1.807) is 36.4 Å². The fourth-order valence-electron chi connectivity index (χ4n) is 2.30. The third kappa shape index (κ3) is 4.00. The molecule has 0 aliphatic carbocycles. The number of hydrogen-bond donors (Lipinski definition) is 1. The Balaban J connectivity index is 1.84. The number of carboxylic acid groups (broad SMARTS) is 1. The van der Waals surface area contributed by atoms with Crippen LogP contribution in [-0.2, 0) is 6.61 Å². The minimum Gasteiger partial charge on any atom is -0.490 e. The maximum absolute atomic E-state index is 13.7. The minimum absolute atomic E-state index is 0.00263. The van der Waals surface area contributed by atoms with Crippen molar-refractivity contribution in [3.8, 4) is 22.1 Å². The second-order valence-corrected chi connectivity index (χ2v) is 6.18. The van der Waals surface area contributed by atoms with Crippen molar-refractivity contribution in [1.29, 1.82) is 0 Å². The lowest BCUT2D eigenvalue weighted by molar-refractivity contribution is 0.0691. The average molecular weight is 373 g/mol. The Morgan fingerprint density at radius 2 is 2.00 bits per heavy atom. The molecule has 0 unspecified atom stereocenters. The van der Waals surface area contributed by atoms with Gasteiger partial charge in [-0.25, -0.2) is 14.2 Å². The molecule has 2 aromatic carbocycles. The number of thiazole rings is 1. The van der Waals surface area contributed by atoms with Gasteiger partial charge in [-0.3, -0.25) is 0 Å². The van der Waals surface area contributed by atoms with E-state index in [1.165, 1.54) is 22.8 Å². The normalized spacial score (nSPS) is 10.5. The lowest BCUT2D eigenvalue weighted by Crippen LogP contribution is -2.01. The molecule has 7 heteroatoms. The maximum Gasteiger partial charge on any atom is 0.355 e. The van der Waals surface area contributed by atoms with Gasteiger partial charge < -0.3 is 14.6 Å². The molecular formula is C19H16FNO4S. The van der Waals surface area contributed by atoms with E-state index in [4.69, 9.17) is 14.6 Å². The Hall–Kier alpha value is -2.93. The smallest absolute Gasteiger partial charge is 0.355 e. The summed E-state index contributed by atoms with van der Waals surface area (Å²) >= 11 is 1.24. The molecule has 3 aromatic rings. The van der Waals surface area contributed by atoms with Crippen LogP contribution in [0.2, 0.25) is 0 Å². The molecule has 1 N–H and O–H groups in total. The molecule has 1 aromatic heterocycles. The van der Waals surface area contributed by atoms with Gasteiger partial charge in [0, 0.05) is 16.5 Å². The van der Waals surface area contributed by atoms with Gasteiger partial charge in [-0.1, -0.05) is 18.2 Å². The van der Waals surface area contributed by atoms with Gasteiger partial charge in [0.2, 0.25) is 0 Å². The molecule has 0 bridgehead atoms. The van der Waals surface area contributed by atoms with Crippen LogP contribution < -0.4 is 9.47 Å². The highest BCUT2D eigenvalue weighted by molar-refractivity contribution is 7.13. The van der Waals surface area contributed by atoms with Crippen LogP contribution in [0.15, 0.2) is 47.8 Å². The Morgan fingerprint density at radius 1 is 1.19 bits per heavy atom. The first-order valence-corrected chi connectivity index (χ1v) is 8.78. The van der Waals surface area contributed by atoms with Crippen molar-refractivity contribution in [2.75, 3.05) is 6.61 Å². The molecule has 0 radical (unpaired) electrons. The van der Waals surface area contributed by atoms with Crippen molar-refractivity contribution in [2.45, 2.75) is 13.5 Å². The average Bonchev–Trinajstić information content (AvgIpc) is 3.12. The largest absolute Gasteiger partial charge is 0.490 e. The monoisotopic (exact) mass is 373 g/mol. The van der Waals surface area contributed by atoms with E-state index in [1.807, 2.05) is 6.92 Å². The van der Waals surface area contributed by atoms with E-state index in [-0.39, 0.29) is 18.1 Å². The molecule has 0 aliphatic heterocycles. The predicted molar refractivity (Wildman–Crippen MR) is 96.4 cm³/mol. The van der Waals surface area contributed by atoms with Crippen molar-refractivity contribution in [3.63, 3.8) is 0 Å². The van der Waals surface area contributed by atoms with Crippen LogP contribution in [0.3, 0.4) is 0 Å². The van der Waals surface area contributed by atoms with Crippen molar-refractivity contribution in [3.05, 3.63) is 64.9 Å². The Kier molecular flexibility index (Phi) is 5.48. The number of aromatic nitrogens is 1. The van der Waals surface area contributed by atoms with Crippen LogP contribution in [0.4, 0.5) is 4.39 Å². The number of ether oxygens (including phenoxy) is 2. The van der Waals surface area contributed by atoms with Crippen LogP contribution in [0, 0.1) is 5.82 Å². The Bertz CT molecular complexity index is 925. The Labute approximate surface area is 153 Å².